The van der Waals surface area contributed by atoms with Gasteiger partial charge in [-0.25, -0.2) is 0 Å². The van der Waals surface area contributed by atoms with Gasteiger partial charge in [-0.05, 0) is 13.8 Å². The van der Waals surface area contributed by atoms with E-state index in [4.69, 9.17) is 5.11 Å². The van der Waals surface area contributed by atoms with E-state index >= 15 is 0 Å². The van der Waals surface area contributed by atoms with Gasteiger partial charge < -0.3 is 10.0 Å². The molecule has 0 saturated carbocycles. The van der Waals surface area contributed by atoms with E-state index in [1.165, 1.54) is 5.70 Å². The fraction of sp³-hybridized carbons (Fsp3) is 0.714. The molecule has 0 heterocycles. The first-order valence-electron chi connectivity index (χ1n) is 3.17. The van der Waals surface area contributed by atoms with Crippen LogP contribution in [-0.2, 0) is 0 Å². The molecule has 0 radical (unpaired) electrons. The lowest BCUT2D eigenvalue weighted by molar-refractivity contribution is 0.246. The standard InChI is InChI=1S/C7H15NO/c1-4-7(2)8(3)5-6-9/h4,9H,5-6H2,1-3H3/b7-4+. The molecule has 0 rings (SSSR count). The maximum absolute atomic E-state index is 8.51. The van der Waals surface area contributed by atoms with E-state index in [9.17, 15) is 0 Å². The van der Waals surface area contributed by atoms with E-state index in [2.05, 4.69) is 0 Å². The van der Waals surface area contributed by atoms with Crippen LogP contribution >= 0.6 is 0 Å². The molecular weight excluding hydrogens is 114 g/mol. The van der Waals surface area contributed by atoms with E-state index in [-0.39, 0.29) is 6.61 Å². The topological polar surface area (TPSA) is 23.5 Å². The number of allylic oxidation sites excluding steroid dienone is 2. The van der Waals surface area contributed by atoms with Gasteiger partial charge in [0.1, 0.15) is 0 Å². The Labute approximate surface area is 56.8 Å². The van der Waals surface area contributed by atoms with Crippen LogP contribution in [0.1, 0.15) is 13.8 Å². The molecule has 0 aromatic carbocycles. The van der Waals surface area contributed by atoms with Gasteiger partial charge in [0, 0.05) is 19.3 Å². The molecule has 1 N–H and O–H groups in total. The highest BCUT2D eigenvalue weighted by Crippen LogP contribution is 1.96. The van der Waals surface area contributed by atoms with Gasteiger partial charge in [0.15, 0.2) is 0 Å². The van der Waals surface area contributed by atoms with Crippen LogP contribution in [0.2, 0.25) is 0 Å². The normalized spacial score (nSPS) is 11.8. The van der Waals surface area contributed by atoms with Crippen LogP contribution in [0.3, 0.4) is 0 Å². The minimum absolute atomic E-state index is 0.224. The molecule has 0 fully saturated rings. The summed E-state index contributed by atoms with van der Waals surface area (Å²) < 4.78 is 0. The highest BCUT2D eigenvalue weighted by atomic mass is 16.3. The van der Waals surface area contributed by atoms with Crippen molar-refractivity contribution >= 4 is 0 Å². The monoisotopic (exact) mass is 129 g/mol. The zero-order valence-corrected chi connectivity index (χ0v) is 6.39. The fourth-order valence-corrected chi connectivity index (χ4v) is 0.547. The average molecular weight is 129 g/mol. The van der Waals surface area contributed by atoms with Gasteiger partial charge in [-0.3, -0.25) is 0 Å². The van der Waals surface area contributed by atoms with Crippen LogP contribution in [0.25, 0.3) is 0 Å². The average Bonchev–Trinajstić information content (AvgIpc) is 1.87. The molecule has 0 aliphatic carbocycles. The molecule has 0 aromatic heterocycles. The van der Waals surface area contributed by atoms with Crippen molar-refractivity contribution in [3.05, 3.63) is 11.8 Å². The summed E-state index contributed by atoms with van der Waals surface area (Å²) in [6.45, 7) is 4.96. The summed E-state index contributed by atoms with van der Waals surface area (Å²) >= 11 is 0. The molecule has 2 nitrogen and oxygen atoms in total. The highest BCUT2D eigenvalue weighted by molar-refractivity contribution is 4.93. The van der Waals surface area contributed by atoms with Crippen molar-refractivity contribution in [2.75, 3.05) is 20.2 Å². The van der Waals surface area contributed by atoms with Crippen LogP contribution in [0.15, 0.2) is 11.8 Å². The summed E-state index contributed by atoms with van der Waals surface area (Å²) in [4.78, 5) is 2.01. The molecule has 0 aliphatic heterocycles. The van der Waals surface area contributed by atoms with E-state index in [1.807, 2.05) is 31.9 Å². The number of aliphatic hydroxyl groups excluding tert-OH is 1. The molecule has 54 valence electrons. The number of likely N-dealkylation sites (N-methyl/N-ethyl adjacent to an activating group) is 1. The fourth-order valence-electron chi connectivity index (χ4n) is 0.547. The van der Waals surface area contributed by atoms with E-state index in [0.717, 1.165) is 6.54 Å². The zero-order valence-electron chi connectivity index (χ0n) is 6.39. The van der Waals surface area contributed by atoms with Crippen LogP contribution in [0.4, 0.5) is 0 Å². The van der Waals surface area contributed by atoms with Gasteiger partial charge in [-0.2, -0.15) is 0 Å². The maximum atomic E-state index is 8.51. The second-order valence-electron chi connectivity index (χ2n) is 2.08. The first-order valence-corrected chi connectivity index (χ1v) is 3.17. The predicted octanol–water partition coefficient (Wildman–Crippen LogP) is 0.834. The maximum Gasteiger partial charge on any atom is 0.0606 e. The van der Waals surface area contributed by atoms with Gasteiger partial charge >= 0.3 is 0 Å². The first kappa shape index (κ1) is 8.50. The SMILES string of the molecule is C/C=C(\C)N(C)CCO. The van der Waals surface area contributed by atoms with Gasteiger partial charge in [0.25, 0.3) is 0 Å². The summed E-state index contributed by atoms with van der Waals surface area (Å²) in [6.07, 6.45) is 2.02. The summed E-state index contributed by atoms with van der Waals surface area (Å²) in [5.41, 5.74) is 1.20. The number of aliphatic hydroxyl groups is 1. The molecular formula is C7H15NO. The predicted molar refractivity (Wildman–Crippen MR) is 39.1 cm³/mol. The van der Waals surface area contributed by atoms with Crippen molar-refractivity contribution in [2.45, 2.75) is 13.8 Å². The summed E-state index contributed by atoms with van der Waals surface area (Å²) in [6, 6.07) is 0. The lowest BCUT2D eigenvalue weighted by Crippen LogP contribution is -2.19. The van der Waals surface area contributed by atoms with Gasteiger partial charge in [-0.15, -0.1) is 0 Å². The molecule has 0 aliphatic rings. The van der Waals surface area contributed by atoms with E-state index in [0.29, 0.717) is 0 Å². The van der Waals surface area contributed by atoms with E-state index in [1.54, 1.807) is 0 Å². The van der Waals surface area contributed by atoms with Crippen molar-refractivity contribution in [1.29, 1.82) is 0 Å². The molecule has 0 unspecified atom stereocenters. The van der Waals surface area contributed by atoms with E-state index < -0.39 is 0 Å². The zero-order chi connectivity index (χ0) is 7.28. The van der Waals surface area contributed by atoms with Gasteiger partial charge in [-0.1, -0.05) is 6.08 Å². The molecule has 0 spiro atoms. The smallest absolute Gasteiger partial charge is 0.0606 e. The quantitative estimate of drug-likeness (QED) is 0.610. The number of nitrogens with zero attached hydrogens (tertiary/aromatic N) is 1. The summed E-state index contributed by atoms with van der Waals surface area (Å²) in [5.74, 6) is 0. The number of rotatable bonds is 3. The molecule has 0 saturated heterocycles. The molecule has 2 heteroatoms. The molecule has 0 atom stereocenters. The Balaban J connectivity index is 3.59. The molecule has 0 bridgehead atoms. The van der Waals surface area contributed by atoms with Crippen molar-refractivity contribution in [2.24, 2.45) is 0 Å². The van der Waals surface area contributed by atoms with Crippen LogP contribution < -0.4 is 0 Å². The van der Waals surface area contributed by atoms with Crippen LogP contribution in [-0.4, -0.2) is 30.2 Å². The number of hydrogen-bond donors (Lipinski definition) is 1. The van der Waals surface area contributed by atoms with Crippen LogP contribution in [0.5, 0.6) is 0 Å². The Bertz CT molecular complexity index is 99.1. The minimum Gasteiger partial charge on any atom is -0.395 e. The number of hydrogen-bond acceptors (Lipinski definition) is 2. The molecule has 0 amide bonds. The minimum atomic E-state index is 0.224. The van der Waals surface area contributed by atoms with Crippen molar-refractivity contribution < 1.29 is 5.11 Å². The Morgan fingerprint density at radius 2 is 2.22 bits per heavy atom. The van der Waals surface area contributed by atoms with Crippen LogP contribution in [0, 0.1) is 0 Å². The van der Waals surface area contributed by atoms with Gasteiger partial charge in [0.2, 0.25) is 0 Å². The highest BCUT2D eigenvalue weighted by Gasteiger charge is 1.93. The van der Waals surface area contributed by atoms with Crippen molar-refractivity contribution in [1.82, 2.24) is 4.90 Å². The second kappa shape index (κ2) is 4.39. The van der Waals surface area contributed by atoms with Crippen molar-refractivity contribution in [3.63, 3.8) is 0 Å². The summed E-state index contributed by atoms with van der Waals surface area (Å²) in [5, 5.41) is 8.51. The largest absolute Gasteiger partial charge is 0.395 e. The Morgan fingerprint density at radius 3 is 2.56 bits per heavy atom. The summed E-state index contributed by atoms with van der Waals surface area (Å²) in [7, 11) is 1.96. The Kier molecular flexibility index (Phi) is 4.14. The second-order valence-corrected chi connectivity index (χ2v) is 2.08. The third-order valence-corrected chi connectivity index (χ3v) is 1.46. The first-order chi connectivity index (χ1) is 4.22. The van der Waals surface area contributed by atoms with Gasteiger partial charge in [0.05, 0.1) is 6.61 Å². The molecule has 0 aromatic rings. The van der Waals surface area contributed by atoms with Crippen molar-refractivity contribution in [3.8, 4) is 0 Å². The third kappa shape index (κ3) is 3.14. The lowest BCUT2D eigenvalue weighted by Gasteiger charge is -2.17. The Hall–Kier alpha value is -0.500. The third-order valence-electron chi connectivity index (χ3n) is 1.46. The Morgan fingerprint density at radius 1 is 1.67 bits per heavy atom. The molecule has 9 heavy (non-hydrogen) atoms. The lowest BCUT2D eigenvalue weighted by atomic mass is 10.4.